The molecule has 0 bridgehead atoms. The molecule has 6 nitrogen and oxygen atoms in total. The number of aliphatic hydroxyl groups is 1. The molecule has 0 saturated carbocycles. The minimum absolute atomic E-state index is 0.321. The fourth-order valence-electron chi connectivity index (χ4n) is 3.61. The van der Waals surface area contributed by atoms with Gasteiger partial charge in [0.15, 0.2) is 5.65 Å². The molecule has 1 atom stereocenters. The van der Waals surface area contributed by atoms with Crippen LogP contribution in [0.3, 0.4) is 0 Å². The van der Waals surface area contributed by atoms with Crippen molar-refractivity contribution in [3.05, 3.63) is 23.0 Å². The van der Waals surface area contributed by atoms with Crippen molar-refractivity contribution in [3.63, 3.8) is 0 Å². The van der Waals surface area contributed by atoms with E-state index in [9.17, 15) is 5.11 Å². The molecule has 0 radical (unpaired) electrons. The molecule has 1 saturated heterocycles. The van der Waals surface area contributed by atoms with Crippen molar-refractivity contribution in [2.45, 2.75) is 46.5 Å². The monoisotopic (exact) mass is 345 g/mol. The summed E-state index contributed by atoms with van der Waals surface area (Å²) < 4.78 is 1.94. The van der Waals surface area contributed by atoms with Gasteiger partial charge in [0.25, 0.3) is 0 Å². The van der Waals surface area contributed by atoms with Crippen LogP contribution in [0.2, 0.25) is 0 Å². The Kier molecular flexibility index (Phi) is 5.91. The van der Waals surface area contributed by atoms with Gasteiger partial charge in [0.2, 0.25) is 0 Å². The smallest absolute Gasteiger partial charge is 0.160 e. The minimum atomic E-state index is 0.321. The Morgan fingerprint density at radius 1 is 1.36 bits per heavy atom. The molecule has 0 aromatic carbocycles. The third-order valence-electron chi connectivity index (χ3n) is 5.29. The van der Waals surface area contributed by atoms with Crippen LogP contribution in [0.1, 0.15) is 43.1 Å². The Balaban J connectivity index is 1.60. The molecule has 0 amide bonds. The van der Waals surface area contributed by atoms with Crippen molar-refractivity contribution in [2.24, 2.45) is 5.92 Å². The Labute approximate surface area is 150 Å². The van der Waals surface area contributed by atoms with Gasteiger partial charge in [-0.25, -0.2) is 4.98 Å². The lowest BCUT2D eigenvalue weighted by Gasteiger charge is -2.31. The zero-order valence-corrected chi connectivity index (χ0v) is 15.8. The number of aliphatic hydroxyl groups excluding tert-OH is 1. The molecule has 1 fully saturated rings. The number of anilines is 1. The van der Waals surface area contributed by atoms with Gasteiger partial charge in [-0.05, 0) is 58.5 Å². The molecule has 3 rings (SSSR count). The van der Waals surface area contributed by atoms with Gasteiger partial charge in [0.1, 0.15) is 5.82 Å². The number of aryl methyl sites for hydroxylation is 3. The van der Waals surface area contributed by atoms with Crippen molar-refractivity contribution in [1.29, 1.82) is 0 Å². The third kappa shape index (κ3) is 4.12. The standard InChI is InChI=1S/C19H31N5O/c1-4-17-11-18(24-19(21-17)14(2)15(3)22-24)20-8-6-10-23-9-5-7-16(12-23)13-25/h11,16,20,25H,4-10,12-13H2,1-3H3/t16-/m1/s1. The number of rotatable bonds is 7. The lowest BCUT2D eigenvalue weighted by Crippen LogP contribution is -2.37. The summed E-state index contributed by atoms with van der Waals surface area (Å²) in [6, 6.07) is 2.11. The molecule has 138 valence electrons. The Hall–Kier alpha value is -1.66. The van der Waals surface area contributed by atoms with Gasteiger partial charge in [-0.15, -0.1) is 0 Å². The molecule has 25 heavy (non-hydrogen) atoms. The van der Waals surface area contributed by atoms with Crippen LogP contribution >= 0.6 is 0 Å². The van der Waals surface area contributed by atoms with Crippen molar-refractivity contribution in [2.75, 3.05) is 38.1 Å². The summed E-state index contributed by atoms with van der Waals surface area (Å²) in [4.78, 5) is 7.20. The van der Waals surface area contributed by atoms with Gasteiger partial charge in [0.05, 0.1) is 5.69 Å². The second-order valence-corrected chi connectivity index (χ2v) is 7.20. The van der Waals surface area contributed by atoms with Crippen LogP contribution < -0.4 is 5.32 Å². The molecule has 1 aliphatic rings. The fourth-order valence-corrected chi connectivity index (χ4v) is 3.61. The van der Waals surface area contributed by atoms with E-state index < -0.39 is 0 Å². The predicted octanol–water partition coefficient (Wildman–Crippen LogP) is 2.41. The molecule has 0 unspecified atom stereocenters. The maximum atomic E-state index is 9.35. The van der Waals surface area contributed by atoms with Crippen LogP contribution in [0.4, 0.5) is 5.82 Å². The second-order valence-electron chi connectivity index (χ2n) is 7.20. The number of likely N-dealkylation sites (tertiary alicyclic amines) is 1. The zero-order chi connectivity index (χ0) is 17.8. The maximum absolute atomic E-state index is 9.35. The van der Waals surface area contributed by atoms with E-state index in [1.54, 1.807) is 0 Å². The summed E-state index contributed by atoms with van der Waals surface area (Å²) in [6.45, 7) is 10.8. The number of nitrogens with one attached hydrogen (secondary N) is 1. The SMILES string of the molecule is CCc1cc(NCCCN2CCC[C@@H](CO)C2)n2nc(C)c(C)c2n1. The average Bonchev–Trinajstić information content (AvgIpc) is 2.93. The molecular formula is C19H31N5O. The zero-order valence-electron chi connectivity index (χ0n) is 15.8. The number of piperidine rings is 1. The number of hydrogen-bond donors (Lipinski definition) is 2. The summed E-state index contributed by atoms with van der Waals surface area (Å²) in [6.07, 6.45) is 4.38. The number of aromatic nitrogens is 3. The maximum Gasteiger partial charge on any atom is 0.160 e. The number of nitrogens with zero attached hydrogens (tertiary/aromatic N) is 4. The van der Waals surface area contributed by atoms with Crippen LogP contribution in [0.15, 0.2) is 6.07 Å². The summed E-state index contributed by atoms with van der Waals surface area (Å²) in [5, 5.41) is 17.5. The molecule has 2 aromatic rings. The highest BCUT2D eigenvalue weighted by Crippen LogP contribution is 2.19. The van der Waals surface area contributed by atoms with Gasteiger partial charge in [-0.3, -0.25) is 0 Å². The van der Waals surface area contributed by atoms with Crippen molar-refractivity contribution < 1.29 is 5.11 Å². The largest absolute Gasteiger partial charge is 0.396 e. The molecule has 2 N–H and O–H groups in total. The highest BCUT2D eigenvalue weighted by atomic mass is 16.3. The molecule has 0 spiro atoms. The van der Waals surface area contributed by atoms with E-state index in [4.69, 9.17) is 4.98 Å². The van der Waals surface area contributed by atoms with Gasteiger partial charge < -0.3 is 15.3 Å². The number of hydrogen-bond acceptors (Lipinski definition) is 5. The Bertz CT molecular complexity index is 711. The van der Waals surface area contributed by atoms with Crippen molar-refractivity contribution >= 4 is 11.5 Å². The molecular weight excluding hydrogens is 314 g/mol. The third-order valence-corrected chi connectivity index (χ3v) is 5.29. The first-order valence-electron chi connectivity index (χ1n) is 9.55. The highest BCUT2D eigenvalue weighted by Gasteiger charge is 2.18. The summed E-state index contributed by atoms with van der Waals surface area (Å²) in [5.74, 6) is 1.49. The summed E-state index contributed by atoms with van der Waals surface area (Å²) >= 11 is 0. The van der Waals surface area contributed by atoms with Crippen molar-refractivity contribution in [1.82, 2.24) is 19.5 Å². The minimum Gasteiger partial charge on any atom is -0.396 e. The first-order valence-corrected chi connectivity index (χ1v) is 9.55. The van der Waals surface area contributed by atoms with E-state index in [1.807, 2.05) is 11.4 Å². The van der Waals surface area contributed by atoms with Crippen LogP contribution in [-0.4, -0.2) is 57.4 Å². The molecule has 1 aliphatic heterocycles. The lowest BCUT2D eigenvalue weighted by molar-refractivity contribution is 0.120. The quantitative estimate of drug-likeness (QED) is 0.755. The second kappa shape index (κ2) is 8.15. The molecule has 0 aliphatic carbocycles. The van der Waals surface area contributed by atoms with E-state index >= 15 is 0 Å². The van der Waals surface area contributed by atoms with Gasteiger partial charge in [-0.2, -0.15) is 9.61 Å². The van der Waals surface area contributed by atoms with E-state index in [0.717, 1.165) is 73.9 Å². The topological polar surface area (TPSA) is 65.7 Å². The van der Waals surface area contributed by atoms with E-state index in [2.05, 4.69) is 35.2 Å². The van der Waals surface area contributed by atoms with Crippen molar-refractivity contribution in [3.8, 4) is 0 Å². The molecule has 6 heteroatoms. The van der Waals surface area contributed by atoms with Gasteiger partial charge >= 0.3 is 0 Å². The van der Waals surface area contributed by atoms with Gasteiger partial charge in [-0.1, -0.05) is 6.92 Å². The first kappa shape index (κ1) is 18.1. The van der Waals surface area contributed by atoms with E-state index in [-0.39, 0.29) is 0 Å². The highest BCUT2D eigenvalue weighted by molar-refractivity contribution is 5.56. The van der Waals surface area contributed by atoms with Gasteiger partial charge in [0, 0.05) is 37.0 Å². The normalized spacial score (nSPS) is 18.8. The predicted molar refractivity (Wildman–Crippen MR) is 101 cm³/mol. The summed E-state index contributed by atoms with van der Waals surface area (Å²) in [7, 11) is 0. The van der Waals surface area contributed by atoms with Crippen LogP contribution in [0.5, 0.6) is 0 Å². The summed E-state index contributed by atoms with van der Waals surface area (Å²) in [5.41, 5.74) is 4.25. The van der Waals surface area contributed by atoms with E-state index in [0.29, 0.717) is 12.5 Å². The van der Waals surface area contributed by atoms with Crippen LogP contribution in [0.25, 0.3) is 5.65 Å². The fraction of sp³-hybridized carbons (Fsp3) is 0.684. The number of fused-ring (bicyclic) bond motifs is 1. The van der Waals surface area contributed by atoms with E-state index in [1.165, 1.54) is 6.42 Å². The Morgan fingerprint density at radius 3 is 2.96 bits per heavy atom. The average molecular weight is 345 g/mol. The first-order chi connectivity index (χ1) is 12.1. The Morgan fingerprint density at radius 2 is 2.20 bits per heavy atom. The lowest BCUT2D eigenvalue weighted by atomic mass is 9.99. The van der Waals surface area contributed by atoms with Crippen LogP contribution in [-0.2, 0) is 6.42 Å². The van der Waals surface area contributed by atoms with Crippen LogP contribution in [0, 0.1) is 19.8 Å². The molecule has 2 aromatic heterocycles. The molecule has 3 heterocycles.